The molecule has 1 aromatic heterocycles. The third-order valence-corrected chi connectivity index (χ3v) is 5.18. The van der Waals surface area contributed by atoms with Crippen LogP contribution in [-0.4, -0.2) is 25.7 Å². The Bertz CT molecular complexity index is 1200. The van der Waals surface area contributed by atoms with E-state index in [0.29, 0.717) is 5.75 Å². The van der Waals surface area contributed by atoms with Crippen molar-refractivity contribution in [3.05, 3.63) is 71.7 Å². The SMILES string of the molecule is CS(=O)(=O)c1cc(NC(=O)c2ccc(OCc3ccc(C(F)(F)F)o3)cc2)ccc1O. The first-order valence-corrected chi connectivity index (χ1v) is 10.6. The average Bonchev–Trinajstić information content (AvgIpc) is 3.17. The zero-order valence-corrected chi connectivity index (χ0v) is 16.8. The van der Waals surface area contributed by atoms with E-state index in [2.05, 4.69) is 9.73 Å². The van der Waals surface area contributed by atoms with E-state index < -0.39 is 33.4 Å². The summed E-state index contributed by atoms with van der Waals surface area (Å²) in [6.07, 6.45) is -3.65. The number of phenolic OH excluding ortho intramolecular Hbond substituents is 1. The lowest BCUT2D eigenvalue weighted by atomic mass is 10.2. The van der Waals surface area contributed by atoms with Crippen molar-refractivity contribution in [1.29, 1.82) is 0 Å². The molecule has 1 heterocycles. The molecule has 3 rings (SSSR count). The maximum Gasteiger partial charge on any atom is 0.449 e. The van der Waals surface area contributed by atoms with Crippen LogP contribution in [0.3, 0.4) is 0 Å². The second-order valence-corrected chi connectivity index (χ2v) is 8.47. The van der Waals surface area contributed by atoms with Gasteiger partial charge in [0.05, 0.1) is 0 Å². The minimum Gasteiger partial charge on any atom is -0.507 e. The number of halogens is 3. The number of anilines is 1. The summed E-state index contributed by atoms with van der Waals surface area (Å²) in [5.74, 6) is -1.81. The van der Waals surface area contributed by atoms with Crippen LogP contribution < -0.4 is 10.1 Å². The predicted molar refractivity (Wildman–Crippen MR) is 104 cm³/mol. The van der Waals surface area contributed by atoms with Crippen LogP contribution in [0.4, 0.5) is 18.9 Å². The fourth-order valence-corrected chi connectivity index (χ4v) is 3.35. The molecule has 0 aliphatic carbocycles. The fourth-order valence-electron chi connectivity index (χ4n) is 2.56. The van der Waals surface area contributed by atoms with E-state index in [9.17, 15) is 31.5 Å². The van der Waals surface area contributed by atoms with E-state index in [-0.39, 0.29) is 28.5 Å². The number of amides is 1. The molecule has 0 aliphatic rings. The Morgan fingerprint density at radius 2 is 1.77 bits per heavy atom. The van der Waals surface area contributed by atoms with Gasteiger partial charge in [-0.05, 0) is 54.6 Å². The van der Waals surface area contributed by atoms with Gasteiger partial charge >= 0.3 is 6.18 Å². The van der Waals surface area contributed by atoms with Gasteiger partial charge in [0.1, 0.15) is 28.8 Å². The molecule has 0 saturated heterocycles. The minimum absolute atomic E-state index is 0.0110. The Labute approximate surface area is 175 Å². The molecule has 11 heteroatoms. The lowest BCUT2D eigenvalue weighted by Crippen LogP contribution is -2.12. The van der Waals surface area contributed by atoms with Crippen molar-refractivity contribution in [3.8, 4) is 11.5 Å². The quantitative estimate of drug-likeness (QED) is 0.539. The zero-order valence-electron chi connectivity index (χ0n) is 15.9. The number of hydrogen-bond donors (Lipinski definition) is 2. The molecular weight excluding hydrogens is 439 g/mol. The van der Waals surface area contributed by atoms with Gasteiger partial charge in [-0.15, -0.1) is 0 Å². The lowest BCUT2D eigenvalue weighted by molar-refractivity contribution is -0.153. The van der Waals surface area contributed by atoms with Crippen molar-refractivity contribution in [1.82, 2.24) is 0 Å². The summed E-state index contributed by atoms with van der Waals surface area (Å²) in [6.45, 7) is -0.233. The topological polar surface area (TPSA) is 106 Å². The molecule has 7 nitrogen and oxygen atoms in total. The third-order valence-electron chi connectivity index (χ3n) is 4.06. The van der Waals surface area contributed by atoms with Crippen molar-refractivity contribution >= 4 is 21.4 Å². The van der Waals surface area contributed by atoms with Crippen LogP contribution in [0.2, 0.25) is 0 Å². The summed E-state index contributed by atoms with van der Waals surface area (Å²) in [5, 5.41) is 12.2. The van der Waals surface area contributed by atoms with E-state index in [4.69, 9.17) is 4.74 Å². The highest BCUT2D eigenvalue weighted by atomic mass is 32.2. The molecule has 0 bridgehead atoms. The Hall–Kier alpha value is -3.47. The lowest BCUT2D eigenvalue weighted by Gasteiger charge is -2.09. The van der Waals surface area contributed by atoms with Gasteiger partial charge in [-0.25, -0.2) is 8.42 Å². The molecule has 0 unspecified atom stereocenters. The second-order valence-electron chi connectivity index (χ2n) is 6.49. The highest BCUT2D eigenvalue weighted by Gasteiger charge is 2.34. The summed E-state index contributed by atoms with van der Waals surface area (Å²) >= 11 is 0. The molecule has 0 radical (unpaired) electrons. The predicted octanol–water partition coefficient (Wildman–Crippen LogP) is 4.24. The normalized spacial score (nSPS) is 11.9. The number of benzene rings is 2. The Morgan fingerprint density at radius 3 is 2.35 bits per heavy atom. The number of aromatic hydroxyl groups is 1. The van der Waals surface area contributed by atoms with E-state index in [1.165, 1.54) is 30.3 Å². The Balaban J connectivity index is 1.63. The number of carbonyl (C=O) groups is 1. The van der Waals surface area contributed by atoms with Crippen LogP contribution in [0.5, 0.6) is 11.5 Å². The highest BCUT2D eigenvalue weighted by Crippen LogP contribution is 2.31. The second kappa shape index (κ2) is 8.34. The van der Waals surface area contributed by atoms with Gasteiger partial charge in [0.25, 0.3) is 5.91 Å². The first-order chi connectivity index (χ1) is 14.4. The molecule has 0 spiro atoms. The number of phenols is 1. The molecule has 0 saturated carbocycles. The van der Waals surface area contributed by atoms with Gasteiger partial charge in [-0.1, -0.05) is 0 Å². The molecular formula is C20H16F3NO6S. The summed E-state index contributed by atoms with van der Waals surface area (Å²) in [5.41, 5.74) is 0.389. The van der Waals surface area contributed by atoms with Gasteiger partial charge in [-0.2, -0.15) is 13.2 Å². The van der Waals surface area contributed by atoms with Crippen molar-refractivity contribution in [3.63, 3.8) is 0 Å². The number of nitrogens with one attached hydrogen (secondary N) is 1. The van der Waals surface area contributed by atoms with Gasteiger partial charge < -0.3 is 19.6 Å². The molecule has 1 amide bonds. The monoisotopic (exact) mass is 455 g/mol. The van der Waals surface area contributed by atoms with Crippen molar-refractivity contribution in [2.24, 2.45) is 0 Å². The number of rotatable bonds is 6. The minimum atomic E-state index is -4.58. The van der Waals surface area contributed by atoms with Crippen LogP contribution in [0.1, 0.15) is 21.9 Å². The molecule has 2 N–H and O–H groups in total. The standard InChI is InChI=1S/C20H16F3NO6S/c1-31(27,28)17-10-13(4-8-16(17)25)24-19(26)12-2-5-14(6-3-12)29-11-15-7-9-18(30-15)20(21,22)23/h2-10,25H,11H2,1H3,(H,24,26). The maximum absolute atomic E-state index is 12.5. The van der Waals surface area contributed by atoms with Crippen LogP contribution in [0.15, 0.2) is 63.9 Å². The Morgan fingerprint density at radius 1 is 1.10 bits per heavy atom. The summed E-state index contributed by atoms with van der Waals surface area (Å²) in [7, 11) is -3.69. The van der Waals surface area contributed by atoms with E-state index >= 15 is 0 Å². The van der Waals surface area contributed by atoms with Crippen LogP contribution >= 0.6 is 0 Å². The summed E-state index contributed by atoms with van der Waals surface area (Å²) < 4.78 is 70.9. The summed E-state index contributed by atoms with van der Waals surface area (Å²) in [6, 6.07) is 11.3. The maximum atomic E-state index is 12.5. The van der Waals surface area contributed by atoms with Crippen LogP contribution in [0.25, 0.3) is 0 Å². The number of furan rings is 1. The van der Waals surface area contributed by atoms with E-state index in [0.717, 1.165) is 30.5 Å². The van der Waals surface area contributed by atoms with Crippen LogP contribution in [-0.2, 0) is 22.6 Å². The van der Waals surface area contributed by atoms with Gasteiger partial charge in [0, 0.05) is 17.5 Å². The average molecular weight is 455 g/mol. The van der Waals surface area contributed by atoms with Gasteiger partial charge in [0.15, 0.2) is 9.84 Å². The number of alkyl halides is 3. The zero-order chi connectivity index (χ0) is 22.8. The molecule has 3 aromatic rings. The van der Waals surface area contributed by atoms with E-state index in [1.807, 2.05) is 0 Å². The largest absolute Gasteiger partial charge is 0.507 e. The molecule has 0 fully saturated rings. The summed E-state index contributed by atoms with van der Waals surface area (Å²) in [4.78, 5) is 12.0. The van der Waals surface area contributed by atoms with Crippen molar-refractivity contribution < 1.29 is 40.6 Å². The first-order valence-electron chi connectivity index (χ1n) is 8.67. The first kappa shape index (κ1) is 22.2. The van der Waals surface area contributed by atoms with Crippen molar-refractivity contribution in [2.45, 2.75) is 17.7 Å². The fraction of sp³-hybridized carbons (Fsp3) is 0.150. The Kier molecular flexibility index (Phi) is 5.98. The molecule has 31 heavy (non-hydrogen) atoms. The molecule has 0 aliphatic heterocycles. The van der Waals surface area contributed by atoms with Gasteiger partial charge in [-0.3, -0.25) is 4.79 Å². The molecule has 0 atom stereocenters. The number of hydrogen-bond acceptors (Lipinski definition) is 6. The van der Waals surface area contributed by atoms with Gasteiger partial charge in [0.2, 0.25) is 5.76 Å². The third kappa shape index (κ3) is 5.57. The smallest absolute Gasteiger partial charge is 0.449 e. The van der Waals surface area contributed by atoms with E-state index in [1.54, 1.807) is 0 Å². The van der Waals surface area contributed by atoms with Crippen molar-refractivity contribution in [2.75, 3.05) is 11.6 Å². The van der Waals surface area contributed by atoms with Crippen LogP contribution in [0, 0.1) is 0 Å². The number of ether oxygens (including phenoxy) is 1. The highest BCUT2D eigenvalue weighted by molar-refractivity contribution is 7.90. The number of carbonyl (C=O) groups excluding carboxylic acids is 1. The molecule has 2 aromatic carbocycles. The number of sulfone groups is 1. The molecule has 164 valence electrons.